The van der Waals surface area contributed by atoms with Gasteiger partial charge in [0, 0.05) is 30.6 Å². The molecule has 1 amide bonds. The van der Waals surface area contributed by atoms with E-state index in [1.165, 1.54) is 16.4 Å². The molecule has 0 aromatic heterocycles. The third-order valence-electron chi connectivity index (χ3n) is 4.72. The van der Waals surface area contributed by atoms with Gasteiger partial charge in [0.25, 0.3) is 0 Å². The summed E-state index contributed by atoms with van der Waals surface area (Å²) in [7, 11) is -3.81. The molecule has 1 N–H and O–H groups in total. The Balaban J connectivity index is 1.59. The maximum Gasteiger partial charge on any atom is 0.246 e. The summed E-state index contributed by atoms with van der Waals surface area (Å²) in [5, 5.41) is 3.73. The van der Waals surface area contributed by atoms with Gasteiger partial charge in [-0.15, -0.1) is 0 Å². The Hall–Kier alpha value is -1.31. The Labute approximate surface area is 179 Å². The van der Waals surface area contributed by atoms with Gasteiger partial charge in [0.1, 0.15) is 4.90 Å². The van der Waals surface area contributed by atoms with E-state index >= 15 is 0 Å². The highest BCUT2D eigenvalue weighted by Gasteiger charge is 2.34. The third-order valence-corrected chi connectivity index (χ3v) is 7.83. The first-order chi connectivity index (χ1) is 13.3. The van der Waals surface area contributed by atoms with Gasteiger partial charge < -0.3 is 5.32 Å². The zero-order valence-corrected chi connectivity index (χ0v) is 18.0. The molecule has 150 valence electrons. The average Bonchev–Trinajstić information content (AvgIpc) is 2.67. The summed E-state index contributed by atoms with van der Waals surface area (Å²) in [6.45, 7) is 0.885. The smallest absolute Gasteiger partial charge is 0.246 e. The second kappa shape index (κ2) is 9.01. The molecule has 0 aliphatic carbocycles. The van der Waals surface area contributed by atoms with E-state index in [4.69, 9.17) is 34.8 Å². The predicted molar refractivity (Wildman–Crippen MR) is 111 cm³/mol. The molecule has 0 radical (unpaired) electrons. The van der Waals surface area contributed by atoms with Crippen molar-refractivity contribution >= 4 is 50.7 Å². The number of carbonyl (C=O) groups is 1. The molecule has 1 fully saturated rings. The van der Waals surface area contributed by atoms with Crippen molar-refractivity contribution in [3.63, 3.8) is 0 Å². The minimum atomic E-state index is -3.81. The molecule has 1 aliphatic rings. The van der Waals surface area contributed by atoms with Gasteiger partial charge in [0.2, 0.25) is 15.9 Å². The maximum absolute atomic E-state index is 12.9. The number of sulfonamides is 1. The van der Waals surface area contributed by atoms with E-state index < -0.39 is 10.0 Å². The molecule has 0 spiro atoms. The van der Waals surface area contributed by atoms with E-state index in [9.17, 15) is 13.2 Å². The second-order valence-corrected chi connectivity index (χ2v) is 9.70. The van der Waals surface area contributed by atoms with E-state index in [1.807, 2.05) is 12.1 Å². The lowest BCUT2D eigenvalue weighted by Crippen LogP contribution is -2.43. The number of nitrogens with zero attached hydrogens (tertiary/aromatic N) is 1. The number of carbonyl (C=O) groups excluding carboxylic acids is 1. The minimum Gasteiger partial charge on any atom is -0.352 e. The van der Waals surface area contributed by atoms with Gasteiger partial charge in [0.05, 0.1) is 10.0 Å². The molecule has 5 nitrogen and oxygen atoms in total. The fourth-order valence-corrected chi connectivity index (χ4v) is 5.84. The Bertz CT molecular complexity index is 937. The van der Waals surface area contributed by atoms with Crippen molar-refractivity contribution in [1.82, 2.24) is 9.62 Å². The van der Waals surface area contributed by atoms with Crippen LogP contribution in [0.5, 0.6) is 0 Å². The number of hydrogen-bond donors (Lipinski definition) is 1. The summed E-state index contributed by atoms with van der Waals surface area (Å²) in [6, 6.07) is 11.8. The van der Waals surface area contributed by atoms with Gasteiger partial charge in [-0.3, -0.25) is 4.79 Å². The van der Waals surface area contributed by atoms with E-state index in [0.717, 1.165) is 5.56 Å². The molecular weight excluding hydrogens is 443 g/mol. The highest BCUT2D eigenvalue weighted by molar-refractivity contribution is 7.89. The summed E-state index contributed by atoms with van der Waals surface area (Å²) in [6.07, 6.45) is 0.876. The number of hydrogen-bond acceptors (Lipinski definition) is 3. The van der Waals surface area contributed by atoms with Crippen LogP contribution in [0.25, 0.3) is 0 Å². The van der Waals surface area contributed by atoms with Gasteiger partial charge in [-0.25, -0.2) is 8.42 Å². The van der Waals surface area contributed by atoms with E-state index in [1.54, 1.807) is 18.2 Å². The fraction of sp³-hybridized carbons (Fsp3) is 0.316. The number of rotatable bonds is 5. The van der Waals surface area contributed by atoms with Crippen molar-refractivity contribution in [2.45, 2.75) is 24.3 Å². The van der Waals surface area contributed by atoms with Crippen LogP contribution in [0.4, 0.5) is 0 Å². The molecule has 2 aromatic carbocycles. The van der Waals surface area contributed by atoms with Gasteiger partial charge in [0.15, 0.2) is 0 Å². The molecule has 0 atom stereocenters. The van der Waals surface area contributed by atoms with Crippen LogP contribution < -0.4 is 5.32 Å². The van der Waals surface area contributed by atoms with Crippen molar-refractivity contribution in [3.8, 4) is 0 Å². The number of benzene rings is 2. The number of piperidine rings is 1. The zero-order chi connectivity index (χ0) is 20.3. The van der Waals surface area contributed by atoms with E-state index in [-0.39, 0.29) is 39.9 Å². The van der Waals surface area contributed by atoms with Crippen LogP contribution in [0.1, 0.15) is 18.4 Å². The topological polar surface area (TPSA) is 66.5 Å². The van der Waals surface area contributed by atoms with Gasteiger partial charge >= 0.3 is 0 Å². The lowest BCUT2D eigenvalue weighted by Gasteiger charge is -2.31. The first kappa shape index (κ1) is 21.4. The SMILES string of the molecule is O=C(NCc1ccc(Cl)cc1)C1CCN(S(=O)(=O)c2c(Cl)cccc2Cl)CC1. The van der Waals surface area contributed by atoms with Crippen molar-refractivity contribution in [1.29, 1.82) is 0 Å². The summed E-state index contributed by atoms with van der Waals surface area (Å²) in [4.78, 5) is 12.3. The van der Waals surface area contributed by atoms with E-state index in [0.29, 0.717) is 24.4 Å². The second-order valence-electron chi connectivity index (χ2n) is 6.57. The first-order valence-electron chi connectivity index (χ1n) is 8.75. The Morgan fingerprint density at radius 2 is 1.57 bits per heavy atom. The zero-order valence-electron chi connectivity index (χ0n) is 14.9. The van der Waals surface area contributed by atoms with Crippen LogP contribution in [0.3, 0.4) is 0 Å². The Morgan fingerprint density at radius 1 is 1.00 bits per heavy atom. The molecule has 2 aromatic rings. The Kier molecular flexibility index (Phi) is 6.89. The van der Waals surface area contributed by atoms with Crippen molar-refractivity contribution in [2.24, 2.45) is 5.92 Å². The summed E-state index contributed by atoms with van der Waals surface area (Å²) < 4.78 is 27.1. The minimum absolute atomic E-state index is 0.0797. The third kappa shape index (κ3) is 4.81. The summed E-state index contributed by atoms with van der Waals surface area (Å²) in [5.74, 6) is -0.316. The first-order valence-corrected chi connectivity index (χ1v) is 11.3. The van der Waals surface area contributed by atoms with Crippen LogP contribution in [0.15, 0.2) is 47.4 Å². The standard InChI is InChI=1S/C19H19Cl3N2O3S/c20-15-6-4-13(5-7-15)12-23-19(25)14-8-10-24(11-9-14)28(26,27)18-16(21)2-1-3-17(18)22/h1-7,14H,8-12H2,(H,23,25). The molecule has 0 unspecified atom stereocenters. The lowest BCUT2D eigenvalue weighted by molar-refractivity contribution is -0.126. The molecule has 0 bridgehead atoms. The number of amides is 1. The molecule has 28 heavy (non-hydrogen) atoms. The molecule has 1 saturated heterocycles. The molecule has 1 heterocycles. The molecule has 9 heteroatoms. The summed E-state index contributed by atoms with van der Waals surface area (Å²) >= 11 is 18.0. The largest absolute Gasteiger partial charge is 0.352 e. The van der Waals surface area contributed by atoms with Crippen LogP contribution in [0, 0.1) is 5.92 Å². The van der Waals surface area contributed by atoms with Crippen LogP contribution in [-0.4, -0.2) is 31.7 Å². The molecule has 3 rings (SSSR count). The van der Waals surface area contributed by atoms with Crippen LogP contribution in [-0.2, 0) is 21.4 Å². The highest BCUT2D eigenvalue weighted by Crippen LogP contribution is 2.33. The monoisotopic (exact) mass is 460 g/mol. The fourth-order valence-electron chi connectivity index (χ4n) is 3.15. The van der Waals surface area contributed by atoms with Gasteiger partial charge in [-0.2, -0.15) is 4.31 Å². The van der Waals surface area contributed by atoms with Crippen LogP contribution in [0.2, 0.25) is 15.1 Å². The van der Waals surface area contributed by atoms with E-state index in [2.05, 4.69) is 5.32 Å². The molecule has 0 saturated carbocycles. The quantitative estimate of drug-likeness (QED) is 0.719. The van der Waals surface area contributed by atoms with Crippen LogP contribution >= 0.6 is 34.8 Å². The van der Waals surface area contributed by atoms with Crippen molar-refractivity contribution < 1.29 is 13.2 Å². The maximum atomic E-state index is 12.9. The van der Waals surface area contributed by atoms with Crippen molar-refractivity contribution in [3.05, 3.63) is 63.1 Å². The molecular formula is C19H19Cl3N2O3S. The van der Waals surface area contributed by atoms with Gasteiger partial charge in [-0.1, -0.05) is 53.0 Å². The average molecular weight is 462 g/mol. The lowest BCUT2D eigenvalue weighted by atomic mass is 9.97. The Morgan fingerprint density at radius 3 is 2.14 bits per heavy atom. The predicted octanol–water partition coefficient (Wildman–Crippen LogP) is 4.36. The highest BCUT2D eigenvalue weighted by atomic mass is 35.5. The summed E-state index contributed by atoms with van der Waals surface area (Å²) in [5.41, 5.74) is 0.950. The molecule has 1 aliphatic heterocycles. The number of nitrogens with one attached hydrogen (secondary N) is 1. The number of halogens is 3. The normalized spacial score (nSPS) is 16.1. The van der Waals surface area contributed by atoms with Gasteiger partial charge in [-0.05, 0) is 42.7 Å². The van der Waals surface area contributed by atoms with Crippen molar-refractivity contribution in [2.75, 3.05) is 13.1 Å².